The molecule has 0 aliphatic rings. The van der Waals surface area contributed by atoms with Crippen molar-refractivity contribution in [3.63, 3.8) is 0 Å². The average Bonchev–Trinajstić information content (AvgIpc) is 2.42. The maximum absolute atomic E-state index is 13.6. The Kier molecular flexibility index (Phi) is 4.32. The molecule has 0 aromatic heterocycles. The molecule has 0 spiro atoms. The molecule has 0 fully saturated rings. The summed E-state index contributed by atoms with van der Waals surface area (Å²) >= 11 is 5.77. The van der Waals surface area contributed by atoms with Crippen LogP contribution in [0.4, 0.5) is 10.1 Å². The Balaban J connectivity index is 2.16. The van der Waals surface area contributed by atoms with Crippen molar-refractivity contribution in [1.29, 1.82) is 0 Å². The van der Waals surface area contributed by atoms with Crippen LogP contribution in [-0.2, 0) is 6.42 Å². The van der Waals surface area contributed by atoms with Crippen LogP contribution in [0.3, 0.4) is 0 Å². The van der Waals surface area contributed by atoms with Crippen LogP contribution in [-0.4, -0.2) is 10.0 Å². The molecule has 0 saturated carbocycles. The monoisotopic (exact) mass is 295 g/mol. The lowest BCUT2D eigenvalue weighted by Gasteiger charge is -2.12. The first-order chi connectivity index (χ1) is 9.47. The molecule has 0 saturated heterocycles. The van der Waals surface area contributed by atoms with Crippen molar-refractivity contribution in [1.82, 2.24) is 0 Å². The van der Waals surface area contributed by atoms with Crippen LogP contribution in [0.1, 0.15) is 17.2 Å². The second-order valence-corrected chi connectivity index (χ2v) is 4.75. The van der Waals surface area contributed by atoms with Crippen molar-refractivity contribution >= 4 is 17.3 Å². The number of non-ortho nitro benzene ring substituents is 1. The summed E-state index contributed by atoms with van der Waals surface area (Å²) in [6.45, 7) is 0. The van der Waals surface area contributed by atoms with Gasteiger partial charge in [-0.05, 0) is 23.8 Å². The molecule has 1 atom stereocenters. The first-order valence-corrected chi connectivity index (χ1v) is 6.21. The number of nitrogens with zero attached hydrogens (tertiary/aromatic N) is 1. The van der Waals surface area contributed by atoms with Crippen LogP contribution in [0, 0.1) is 15.9 Å². The van der Waals surface area contributed by atoms with Gasteiger partial charge in [0.05, 0.1) is 11.0 Å². The summed E-state index contributed by atoms with van der Waals surface area (Å²) in [5, 5.41) is 20.9. The fourth-order valence-corrected chi connectivity index (χ4v) is 2.04. The summed E-state index contributed by atoms with van der Waals surface area (Å²) in [6.07, 6.45) is -0.912. The number of halogens is 2. The Morgan fingerprint density at radius 3 is 2.50 bits per heavy atom. The lowest BCUT2D eigenvalue weighted by Crippen LogP contribution is -2.04. The number of benzene rings is 2. The van der Waals surface area contributed by atoms with E-state index >= 15 is 0 Å². The highest BCUT2D eigenvalue weighted by molar-refractivity contribution is 6.30. The molecule has 0 bridgehead atoms. The normalized spacial score (nSPS) is 12.2. The molecule has 0 radical (unpaired) electrons. The van der Waals surface area contributed by atoms with E-state index in [9.17, 15) is 19.6 Å². The average molecular weight is 296 g/mol. The first-order valence-electron chi connectivity index (χ1n) is 5.83. The van der Waals surface area contributed by atoms with Gasteiger partial charge < -0.3 is 5.11 Å². The van der Waals surface area contributed by atoms with E-state index in [1.807, 2.05) is 0 Å². The van der Waals surface area contributed by atoms with E-state index in [1.54, 1.807) is 0 Å². The predicted molar refractivity (Wildman–Crippen MR) is 73.2 cm³/mol. The Bertz CT molecular complexity index is 631. The summed E-state index contributed by atoms with van der Waals surface area (Å²) in [4.78, 5) is 10.0. The molecular formula is C14H11ClFNO3. The van der Waals surface area contributed by atoms with E-state index in [4.69, 9.17) is 11.6 Å². The molecule has 1 unspecified atom stereocenters. The third-order valence-electron chi connectivity index (χ3n) is 2.89. The number of aliphatic hydroxyl groups is 1. The second kappa shape index (κ2) is 5.98. The summed E-state index contributed by atoms with van der Waals surface area (Å²) in [6, 6.07) is 9.71. The third-order valence-corrected chi connectivity index (χ3v) is 3.13. The van der Waals surface area contributed by atoms with Gasteiger partial charge in [0.1, 0.15) is 5.82 Å². The largest absolute Gasteiger partial charge is 0.388 e. The molecule has 0 aliphatic carbocycles. The predicted octanol–water partition coefficient (Wildman–Crippen LogP) is 3.66. The molecule has 0 amide bonds. The molecule has 20 heavy (non-hydrogen) atoms. The van der Waals surface area contributed by atoms with Gasteiger partial charge >= 0.3 is 0 Å². The molecule has 2 aromatic rings. The number of hydrogen-bond acceptors (Lipinski definition) is 3. The lowest BCUT2D eigenvalue weighted by molar-refractivity contribution is -0.384. The highest BCUT2D eigenvalue weighted by Gasteiger charge is 2.14. The van der Waals surface area contributed by atoms with Crippen LogP contribution in [0.25, 0.3) is 0 Å². The number of nitro groups is 1. The SMILES string of the molecule is O=[N+]([O-])c1ccc(CC(O)c2cc(Cl)ccc2F)cc1. The lowest BCUT2D eigenvalue weighted by atomic mass is 10.0. The van der Waals surface area contributed by atoms with Gasteiger partial charge in [0.2, 0.25) is 0 Å². The fourth-order valence-electron chi connectivity index (χ4n) is 1.86. The summed E-state index contributed by atoms with van der Waals surface area (Å²) in [7, 11) is 0. The van der Waals surface area contributed by atoms with Crippen molar-refractivity contribution in [2.75, 3.05) is 0 Å². The molecule has 104 valence electrons. The van der Waals surface area contributed by atoms with Crippen molar-refractivity contribution in [2.45, 2.75) is 12.5 Å². The molecule has 1 N–H and O–H groups in total. The Hall–Kier alpha value is -1.98. The van der Waals surface area contributed by atoms with Gasteiger partial charge in [-0.15, -0.1) is 0 Å². The maximum Gasteiger partial charge on any atom is 0.269 e. The topological polar surface area (TPSA) is 63.4 Å². The maximum atomic E-state index is 13.6. The number of nitro benzene ring substituents is 1. The zero-order valence-corrected chi connectivity index (χ0v) is 11.0. The highest BCUT2D eigenvalue weighted by Crippen LogP contribution is 2.25. The van der Waals surface area contributed by atoms with Crippen molar-refractivity contribution in [3.8, 4) is 0 Å². The van der Waals surface area contributed by atoms with Gasteiger partial charge in [-0.3, -0.25) is 10.1 Å². The summed E-state index contributed by atoms with van der Waals surface area (Å²) < 4.78 is 13.6. The molecule has 2 rings (SSSR count). The molecule has 2 aromatic carbocycles. The molecular weight excluding hydrogens is 285 g/mol. The number of aliphatic hydroxyl groups excluding tert-OH is 1. The molecule has 0 aliphatic heterocycles. The van der Waals surface area contributed by atoms with E-state index in [1.165, 1.54) is 42.5 Å². The van der Waals surface area contributed by atoms with E-state index in [2.05, 4.69) is 0 Å². The fraction of sp³-hybridized carbons (Fsp3) is 0.143. The zero-order chi connectivity index (χ0) is 14.7. The molecule has 4 nitrogen and oxygen atoms in total. The molecule has 6 heteroatoms. The molecule has 0 heterocycles. The van der Waals surface area contributed by atoms with Gasteiger partial charge in [-0.2, -0.15) is 0 Å². The highest BCUT2D eigenvalue weighted by atomic mass is 35.5. The summed E-state index contributed by atoms with van der Waals surface area (Å²) in [5.41, 5.74) is 0.746. The quantitative estimate of drug-likeness (QED) is 0.691. The zero-order valence-electron chi connectivity index (χ0n) is 10.3. The standard InChI is InChI=1S/C14H11ClFNO3/c15-10-3-6-13(16)12(8-10)14(18)7-9-1-4-11(5-2-9)17(19)20/h1-6,8,14,18H,7H2. The summed E-state index contributed by atoms with van der Waals surface area (Å²) in [5.74, 6) is -0.538. The Labute approximate surface area is 119 Å². The van der Waals surface area contributed by atoms with Gasteiger partial charge in [0.15, 0.2) is 0 Å². The van der Waals surface area contributed by atoms with Crippen LogP contribution in [0.15, 0.2) is 42.5 Å². The van der Waals surface area contributed by atoms with Crippen molar-refractivity contribution in [2.24, 2.45) is 0 Å². The number of hydrogen-bond donors (Lipinski definition) is 1. The van der Waals surface area contributed by atoms with Crippen LogP contribution in [0.5, 0.6) is 0 Å². The van der Waals surface area contributed by atoms with E-state index < -0.39 is 16.8 Å². The van der Waals surface area contributed by atoms with Crippen molar-refractivity contribution in [3.05, 3.63) is 74.5 Å². The minimum absolute atomic E-state index is 0.0304. The minimum atomic E-state index is -1.06. The van der Waals surface area contributed by atoms with E-state index in [0.717, 1.165) is 0 Å². The van der Waals surface area contributed by atoms with Gasteiger partial charge in [0, 0.05) is 29.1 Å². The smallest absolute Gasteiger partial charge is 0.269 e. The van der Waals surface area contributed by atoms with Crippen LogP contribution < -0.4 is 0 Å². The van der Waals surface area contributed by atoms with Gasteiger partial charge in [-0.25, -0.2) is 4.39 Å². The van der Waals surface area contributed by atoms with Crippen LogP contribution in [0.2, 0.25) is 5.02 Å². The van der Waals surface area contributed by atoms with Gasteiger partial charge in [-0.1, -0.05) is 23.7 Å². The minimum Gasteiger partial charge on any atom is -0.388 e. The Morgan fingerprint density at radius 2 is 1.90 bits per heavy atom. The van der Waals surface area contributed by atoms with E-state index in [0.29, 0.717) is 10.6 Å². The number of rotatable bonds is 4. The second-order valence-electron chi connectivity index (χ2n) is 4.31. The van der Waals surface area contributed by atoms with Crippen molar-refractivity contribution < 1.29 is 14.4 Å². The third kappa shape index (κ3) is 3.31. The van der Waals surface area contributed by atoms with Crippen LogP contribution >= 0.6 is 11.6 Å². The van der Waals surface area contributed by atoms with E-state index in [-0.39, 0.29) is 17.7 Å². The Morgan fingerprint density at radius 1 is 1.25 bits per heavy atom. The van der Waals surface area contributed by atoms with Gasteiger partial charge in [0.25, 0.3) is 5.69 Å². The first kappa shape index (κ1) is 14.4.